The molecule has 0 bridgehead atoms. The van der Waals surface area contributed by atoms with Gasteiger partial charge in [0, 0.05) is 6.08 Å². The molecule has 2 unspecified atom stereocenters. The number of hydrogen-bond acceptors (Lipinski definition) is 3. The zero-order valence-electron chi connectivity index (χ0n) is 5.82. The molecule has 0 spiro atoms. The van der Waals surface area contributed by atoms with Crippen molar-refractivity contribution >= 4 is 23.7 Å². The lowest BCUT2D eigenvalue weighted by molar-refractivity contribution is -0.139. The van der Waals surface area contributed by atoms with Crippen LogP contribution in [0.15, 0.2) is 12.7 Å². The van der Waals surface area contributed by atoms with E-state index in [0.717, 1.165) is 6.08 Å². The fourth-order valence-corrected chi connectivity index (χ4v) is 1.03. The van der Waals surface area contributed by atoms with Gasteiger partial charge in [-0.05, 0) is 6.42 Å². The van der Waals surface area contributed by atoms with E-state index in [2.05, 4.69) is 19.2 Å². The smallest absolute Gasteiger partial charge is 0.330 e. The molecule has 0 amide bonds. The van der Waals surface area contributed by atoms with Crippen molar-refractivity contribution < 1.29 is 14.3 Å². The number of esters is 1. The van der Waals surface area contributed by atoms with Gasteiger partial charge in [0.05, 0.1) is 5.92 Å². The Labute approximate surface area is 69.8 Å². The second-order valence-electron chi connectivity index (χ2n) is 2.36. The molecule has 0 aromatic rings. The molecule has 2 atom stereocenters. The highest BCUT2D eigenvalue weighted by atomic mass is 32.1. The second kappa shape index (κ2) is 3.09. The third-order valence-corrected chi connectivity index (χ3v) is 1.81. The van der Waals surface area contributed by atoms with Gasteiger partial charge in [-0.2, -0.15) is 0 Å². The van der Waals surface area contributed by atoms with Crippen molar-refractivity contribution in [2.75, 3.05) is 0 Å². The largest absolute Gasteiger partial charge is 0.458 e. The molecular formula is C7H8O3S. The van der Waals surface area contributed by atoms with Crippen molar-refractivity contribution in [3.05, 3.63) is 12.7 Å². The first-order valence-corrected chi connectivity index (χ1v) is 3.65. The van der Waals surface area contributed by atoms with E-state index in [1.807, 2.05) is 0 Å². The molecular weight excluding hydrogens is 164 g/mol. The Balaban J connectivity index is 2.28. The monoisotopic (exact) mass is 172 g/mol. The predicted octanol–water partition coefficient (Wildman–Crippen LogP) is 0.560. The van der Waals surface area contributed by atoms with Gasteiger partial charge in [0.15, 0.2) is 5.12 Å². The van der Waals surface area contributed by atoms with Gasteiger partial charge in [-0.25, -0.2) is 4.79 Å². The van der Waals surface area contributed by atoms with Gasteiger partial charge in [0.2, 0.25) is 0 Å². The lowest BCUT2D eigenvalue weighted by Gasteiger charge is -1.96. The minimum atomic E-state index is -0.480. The van der Waals surface area contributed by atoms with Gasteiger partial charge in [-0.1, -0.05) is 6.58 Å². The van der Waals surface area contributed by atoms with Crippen LogP contribution in [0.4, 0.5) is 0 Å². The molecule has 0 saturated heterocycles. The van der Waals surface area contributed by atoms with Crippen LogP contribution < -0.4 is 0 Å². The Morgan fingerprint density at radius 2 is 2.27 bits per heavy atom. The lowest BCUT2D eigenvalue weighted by atomic mass is 10.5. The molecule has 1 aliphatic carbocycles. The molecule has 0 aromatic heterocycles. The van der Waals surface area contributed by atoms with Crippen LogP contribution in [0.1, 0.15) is 6.42 Å². The fourth-order valence-electron chi connectivity index (χ4n) is 0.759. The SMILES string of the molecule is C=CC(=O)OC1CC1C(=O)S. The van der Waals surface area contributed by atoms with Crippen molar-refractivity contribution in [1.29, 1.82) is 0 Å². The number of carbonyl (C=O) groups is 2. The summed E-state index contributed by atoms with van der Waals surface area (Å²) >= 11 is 3.61. The molecule has 3 nitrogen and oxygen atoms in total. The van der Waals surface area contributed by atoms with Crippen molar-refractivity contribution in [3.63, 3.8) is 0 Å². The number of hydrogen-bond donors (Lipinski definition) is 1. The third-order valence-electron chi connectivity index (χ3n) is 1.48. The van der Waals surface area contributed by atoms with E-state index >= 15 is 0 Å². The van der Waals surface area contributed by atoms with Gasteiger partial charge < -0.3 is 4.74 Å². The van der Waals surface area contributed by atoms with Crippen LogP contribution in [0, 0.1) is 5.92 Å². The second-order valence-corrected chi connectivity index (χ2v) is 2.80. The van der Waals surface area contributed by atoms with E-state index in [1.165, 1.54) is 0 Å². The Bertz CT molecular complexity index is 212. The van der Waals surface area contributed by atoms with Crippen molar-refractivity contribution in [1.82, 2.24) is 0 Å². The zero-order valence-corrected chi connectivity index (χ0v) is 6.71. The standard InChI is InChI=1S/C7H8O3S/c1-2-6(8)10-5-3-4(5)7(9)11/h2,4-5H,1,3H2,(H,9,11). The molecule has 1 rings (SSSR count). The summed E-state index contributed by atoms with van der Waals surface area (Å²) in [5, 5.41) is -0.216. The molecule has 0 aromatic carbocycles. The summed E-state index contributed by atoms with van der Waals surface area (Å²) in [5.74, 6) is -0.672. The topological polar surface area (TPSA) is 43.4 Å². The maximum atomic E-state index is 10.6. The highest BCUT2D eigenvalue weighted by molar-refractivity contribution is 7.96. The maximum Gasteiger partial charge on any atom is 0.330 e. The molecule has 0 N–H and O–H groups in total. The average molecular weight is 172 g/mol. The Morgan fingerprint density at radius 1 is 1.64 bits per heavy atom. The minimum absolute atomic E-state index is 0.192. The molecule has 60 valence electrons. The lowest BCUT2D eigenvalue weighted by Crippen LogP contribution is -2.06. The van der Waals surface area contributed by atoms with Gasteiger partial charge in [0.25, 0.3) is 0 Å². The first-order chi connectivity index (χ1) is 5.15. The summed E-state index contributed by atoms with van der Waals surface area (Å²) in [7, 11) is 0. The number of carbonyl (C=O) groups excluding carboxylic acids is 2. The minimum Gasteiger partial charge on any atom is -0.458 e. The molecule has 1 fully saturated rings. The molecule has 0 aliphatic heterocycles. The van der Waals surface area contributed by atoms with Gasteiger partial charge in [-0.15, -0.1) is 12.6 Å². The van der Waals surface area contributed by atoms with Gasteiger partial charge >= 0.3 is 5.97 Å². The zero-order chi connectivity index (χ0) is 8.43. The Hall–Kier alpha value is -0.770. The van der Waals surface area contributed by atoms with E-state index < -0.39 is 5.97 Å². The summed E-state index contributed by atoms with van der Waals surface area (Å²) in [6.45, 7) is 3.23. The van der Waals surface area contributed by atoms with Crippen LogP contribution >= 0.6 is 12.6 Å². The van der Waals surface area contributed by atoms with E-state index in [0.29, 0.717) is 6.42 Å². The summed E-state index contributed by atoms with van der Waals surface area (Å²) in [4.78, 5) is 21.1. The van der Waals surface area contributed by atoms with Gasteiger partial charge in [0.1, 0.15) is 6.10 Å². The van der Waals surface area contributed by atoms with E-state index in [9.17, 15) is 9.59 Å². The molecule has 1 saturated carbocycles. The maximum absolute atomic E-state index is 10.6. The number of rotatable bonds is 3. The van der Waals surface area contributed by atoms with E-state index in [1.54, 1.807) is 0 Å². The van der Waals surface area contributed by atoms with Crippen LogP contribution in [0.5, 0.6) is 0 Å². The van der Waals surface area contributed by atoms with Crippen molar-refractivity contribution in [2.24, 2.45) is 5.92 Å². The Morgan fingerprint density at radius 3 is 2.64 bits per heavy atom. The van der Waals surface area contributed by atoms with E-state index in [-0.39, 0.29) is 17.1 Å². The average Bonchev–Trinajstić information content (AvgIpc) is 2.67. The summed E-state index contributed by atoms with van der Waals surface area (Å²) in [6.07, 6.45) is 1.42. The molecule has 4 heteroatoms. The number of ether oxygens (including phenoxy) is 1. The summed E-state index contributed by atoms with van der Waals surface area (Å²) in [6, 6.07) is 0. The highest BCUT2D eigenvalue weighted by Gasteiger charge is 2.44. The predicted molar refractivity (Wildman–Crippen MR) is 42.2 cm³/mol. The van der Waals surface area contributed by atoms with Crippen molar-refractivity contribution in [3.8, 4) is 0 Å². The quantitative estimate of drug-likeness (QED) is 0.384. The van der Waals surface area contributed by atoms with Crippen molar-refractivity contribution in [2.45, 2.75) is 12.5 Å². The third kappa shape index (κ3) is 2.08. The van der Waals surface area contributed by atoms with Crippen LogP contribution in [-0.4, -0.2) is 17.2 Å². The van der Waals surface area contributed by atoms with Crippen LogP contribution in [0.3, 0.4) is 0 Å². The van der Waals surface area contributed by atoms with E-state index in [4.69, 9.17) is 4.74 Å². The highest BCUT2D eigenvalue weighted by Crippen LogP contribution is 2.35. The Kier molecular flexibility index (Phi) is 2.34. The molecule has 11 heavy (non-hydrogen) atoms. The molecule has 1 aliphatic rings. The fraction of sp³-hybridized carbons (Fsp3) is 0.429. The van der Waals surface area contributed by atoms with Crippen LogP contribution in [0.25, 0.3) is 0 Å². The molecule has 0 radical (unpaired) electrons. The van der Waals surface area contributed by atoms with Crippen LogP contribution in [0.2, 0.25) is 0 Å². The molecule has 0 heterocycles. The first-order valence-electron chi connectivity index (χ1n) is 3.21. The van der Waals surface area contributed by atoms with Gasteiger partial charge in [-0.3, -0.25) is 4.79 Å². The summed E-state index contributed by atoms with van der Waals surface area (Å²) in [5.41, 5.74) is 0. The first kappa shape index (κ1) is 8.33. The van der Waals surface area contributed by atoms with Crippen LogP contribution in [-0.2, 0) is 14.3 Å². The number of thiol groups is 1. The summed E-state index contributed by atoms with van der Waals surface area (Å²) < 4.78 is 4.76. The normalized spacial score (nSPS) is 27.4.